The molecule has 0 aliphatic carbocycles. The summed E-state index contributed by atoms with van der Waals surface area (Å²) in [4.78, 5) is 4.15. The number of nitrogens with zero attached hydrogens (tertiary/aromatic N) is 2. The van der Waals surface area contributed by atoms with Gasteiger partial charge in [-0.3, -0.25) is 4.99 Å². The maximum atomic E-state index is 12.3. The second kappa shape index (κ2) is 10.6. The van der Waals surface area contributed by atoms with Crippen molar-refractivity contribution < 1.29 is 13.2 Å². The Morgan fingerprint density at radius 2 is 1.92 bits per heavy atom. The number of nitrogens with one attached hydrogen (secondary N) is 2. The summed E-state index contributed by atoms with van der Waals surface area (Å²) < 4.78 is 31.6. The number of methoxy groups -OCH3 is 1. The van der Waals surface area contributed by atoms with Crippen molar-refractivity contribution >= 4 is 27.7 Å². The van der Waals surface area contributed by atoms with E-state index in [-0.39, 0.29) is 5.75 Å². The van der Waals surface area contributed by atoms with Gasteiger partial charge in [0.25, 0.3) is 0 Å². The smallest absolute Gasteiger partial charge is 0.215 e. The largest absolute Gasteiger partial charge is 0.496 e. The molecule has 1 heterocycles. The minimum atomic E-state index is -3.20. The zero-order chi connectivity index (χ0) is 18.8. The average Bonchev–Trinajstić information content (AvgIpc) is 2.67. The third-order valence-electron chi connectivity index (χ3n) is 4.12. The number of sulfonamides is 1. The minimum Gasteiger partial charge on any atom is -0.496 e. The zero-order valence-electron chi connectivity index (χ0n) is 15.4. The van der Waals surface area contributed by atoms with Gasteiger partial charge in [0, 0.05) is 44.7 Å². The molecule has 1 aliphatic heterocycles. The molecule has 0 unspecified atom stereocenters. The number of hydrogen-bond acceptors (Lipinski definition) is 5. The van der Waals surface area contributed by atoms with Crippen molar-refractivity contribution in [2.75, 3.05) is 57.6 Å². The minimum absolute atomic E-state index is 0.0743. The predicted molar refractivity (Wildman–Crippen MR) is 109 cm³/mol. The molecular formula is C17H28N4O3S2. The van der Waals surface area contributed by atoms with Gasteiger partial charge in [0.15, 0.2) is 5.96 Å². The van der Waals surface area contributed by atoms with Gasteiger partial charge in [-0.2, -0.15) is 11.8 Å². The number of para-hydroxylation sites is 1. The van der Waals surface area contributed by atoms with Gasteiger partial charge in [0.2, 0.25) is 10.0 Å². The number of hydrogen-bond donors (Lipinski definition) is 2. The Morgan fingerprint density at radius 1 is 1.23 bits per heavy atom. The van der Waals surface area contributed by atoms with Crippen LogP contribution in [-0.4, -0.2) is 76.3 Å². The van der Waals surface area contributed by atoms with Crippen molar-refractivity contribution in [1.29, 1.82) is 0 Å². The highest BCUT2D eigenvalue weighted by Crippen LogP contribution is 2.17. The molecule has 1 aromatic carbocycles. The van der Waals surface area contributed by atoms with Crippen molar-refractivity contribution in [1.82, 2.24) is 14.9 Å². The molecule has 0 atom stereocenters. The van der Waals surface area contributed by atoms with E-state index >= 15 is 0 Å². The van der Waals surface area contributed by atoms with Crippen LogP contribution in [0.1, 0.15) is 5.56 Å². The summed E-state index contributed by atoms with van der Waals surface area (Å²) in [5, 5.41) is 6.28. The third-order valence-corrected chi connectivity index (χ3v) is 6.93. The fourth-order valence-corrected chi connectivity index (χ4v) is 5.19. The Bertz CT molecular complexity index is 689. The maximum Gasteiger partial charge on any atom is 0.215 e. The molecule has 9 heteroatoms. The van der Waals surface area contributed by atoms with Crippen LogP contribution in [0.25, 0.3) is 0 Å². The van der Waals surface area contributed by atoms with Crippen LogP contribution in [-0.2, 0) is 16.4 Å². The first-order valence-corrected chi connectivity index (χ1v) is 11.4. The number of ether oxygens (including phenoxy) is 1. The first kappa shape index (κ1) is 20.9. The summed E-state index contributed by atoms with van der Waals surface area (Å²) in [6, 6.07) is 7.89. The number of benzene rings is 1. The number of thioether (sulfide) groups is 1. The summed E-state index contributed by atoms with van der Waals surface area (Å²) in [5.41, 5.74) is 1.11. The van der Waals surface area contributed by atoms with E-state index in [0.29, 0.717) is 32.1 Å². The Morgan fingerprint density at radius 3 is 2.62 bits per heavy atom. The Balaban J connectivity index is 1.74. The molecule has 2 N–H and O–H groups in total. The van der Waals surface area contributed by atoms with E-state index in [1.54, 1.807) is 30.2 Å². The lowest BCUT2D eigenvalue weighted by Crippen LogP contribution is -2.44. The van der Waals surface area contributed by atoms with Crippen molar-refractivity contribution in [3.05, 3.63) is 29.8 Å². The van der Waals surface area contributed by atoms with E-state index in [1.807, 2.05) is 24.3 Å². The molecule has 0 spiro atoms. The van der Waals surface area contributed by atoms with Crippen LogP contribution in [0.4, 0.5) is 0 Å². The lowest BCUT2D eigenvalue weighted by Gasteiger charge is -2.25. The Kier molecular flexibility index (Phi) is 8.53. The van der Waals surface area contributed by atoms with E-state index in [4.69, 9.17) is 4.74 Å². The van der Waals surface area contributed by atoms with Crippen LogP contribution in [0.2, 0.25) is 0 Å². The fourth-order valence-electron chi connectivity index (χ4n) is 2.70. The highest BCUT2D eigenvalue weighted by atomic mass is 32.2. The summed E-state index contributed by atoms with van der Waals surface area (Å²) in [6.07, 6.45) is 0.786. The second-order valence-corrected chi connectivity index (χ2v) is 9.13. The molecule has 7 nitrogen and oxygen atoms in total. The van der Waals surface area contributed by atoms with Crippen LogP contribution >= 0.6 is 11.8 Å². The molecule has 26 heavy (non-hydrogen) atoms. The standard InChI is InChI=1S/C17H28N4O3S2/c1-18-17(19-8-7-15-5-3-4-6-16(15)24-2)20-9-14-26(22,23)21-10-12-25-13-11-21/h3-6H,7-14H2,1-2H3,(H2,18,19,20). The second-order valence-electron chi connectivity index (χ2n) is 5.82. The van der Waals surface area contributed by atoms with Crippen molar-refractivity contribution in [2.24, 2.45) is 4.99 Å². The van der Waals surface area contributed by atoms with Gasteiger partial charge in [-0.25, -0.2) is 12.7 Å². The highest BCUT2D eigenvalue weighted by Gasteiger charge is 2.23. The summed E-state index contributed by atoms with van der Waals surface area (Å²) in [5.74, 6) is 3.29. The van der Waals surface area contributed by atoms with E-state index in [0.717, 1.165) is 29.2 Å². The van der Waals surface area contributed by atoms with Gasteiger partial charge in [0.05, 0.1) is 12.9 Å². The molecule has 0 radical (unpaired) electrons. The SMILES string of the molecule is CN=C(NCCc1ccccc1OC)NCCS(=O)(=O)N1CCSCC1. The number of aliphatic imine (C=N–C) groups is 1. The van der Waals surface area contributed by atoms with E-state index in [2.05, 4.69) is 15.6 Å². The molecule has 0 amide bonds. The molecular weight excluding hydrogens is 372 g/mol. The quantitative estimate of drug-likeness (QED) is 0.496. The van der Waals surface area contributed by atoms with Crippen LogP contribution in [0.5, 0.6) is 5.75 Å². The van der Waals surface area contributed by atoms with Crippen molar-refractivity contribution in [3.8, 4) is 5.75 Å². The van der Waals surface area contributed by atoms with Gasteiger partial charge in [0.1, 0.15) is 5.75 Å². The zero-order valence-corrected chi connectivity index (χ0v) is 17.0. The Hall–Kier alpha value is -1.45. The van der Waals surface area contributed by atoms with Crippen molar-refractivity contribution in [3.63, 3.8) is 0 Å². The maximum absolute atomic E-state index is 12.3. The van der Waals surface area contributed by atoms with E-state index in [1.165, 1.54) is 0 Å². The summed E-state index contributed by atoms with van der Waals surface area (Å²) in [7, 11) is 0.135. The molecule has 146 valence electrons. The van der Waals surface area contributed by atoms with Crippen LogP contribution in [0.15, 0.2) is 29.3 Å². The monoisotopic (exact) mass is 400 g/mol. The molecule has 1 saturated heterocycles. The van der Waals surface area contributed by atoms with Gasteiger partial charge >= 0.3 is 0 Å². The number of rotatable bonds is 8. The fraction of sp³-hybridized carbons (Fsp3) is 0.588. The van der Waals surface area contributed by atoms with Gasteiger partial charge in [-0.15, -0.1) is 0 Å². The van der Waals surface area contributed by atoms with E-state index < -0.39 is 10.0 Å². The van der Waals surface area contributed by atoms with E-state index in [9.17, 15) is 8.42 Å². The molecule has 0 saturated carbocycles. The van der Waals surface area contributed by atoms with Crippen LogP contribution in [0, 0.1) is 0 Å². The first-order chi connectivity index (χ1) is 12.6. The molecule has 1 aliphatic rings. The lowest BCUT2D eigenvalue weighted by atomic mass is 10.1. The first-order valence-electron chi connectivity index (χ1n) is 8.69. The van der Waals surface area contributed by atoms with Crippen LogP contribution < -0.4 is 15.4 Å². The van der Waals surface area contributed by atoms with Gasteiger partial charge in [-0.05, 0) is 18.1 Å². The summed E-state index contributed by atoms with van der Waals surface area (Å²) >= 11 is 1.80. The van der Waals surface area contributed by atoms with Gasteiger partial charge in [-0.1, -0.05) is 18.2 Å². The number of guanidine groups is 1. The molecule has 1 fully saturated rings. The van der Waals surface area contributed by atoms with Crippen LogP contribution in [0.3, 0.4) is 0 Å². The predicted octanol–water partition coefficient (Wildman–Crippen LogP) is 0.781. The van der Waals surface area contributed by atoms with Crippen molar-refractivity contribution in [2.45, 2.75) is 6.42 Å². The highest BCUT2D eigenvalue weighted by molar-refractivity contribution is 7.99. The molecule has 2 rings (SSSR count). The molecule has 0 aromatic heterocycles. The molecule has 0 bridgehead atoms. The molecule has 1 aromatic rings. The topological polar surface area (TPSA) is 83.0 Å². The Labute approximate surface area is 160 Å². The van der Waals surface area contributed by atoms with Gasteiger partial charge < -0.3 is 15.4 Å². The lowest BCUT2D eigenvalue weighted by molar-refractivity contribution is 0.409. The summed E-state index contributed by atoms with van der Waals surface area (Å²) in [6.45, 7) is 2.23. The normalized spacial score (nSPS) is 16.3. The third kappa shape index (κ3) is 6.37. The average molecular weight is 401 g/mol.